The van der Waals surface area contributed by atoms with Crippen molar-refractivity contribution >= 4 is 16.9 Å². The van der Waals surface area contributed by atoms with Crippen molar-refractivity contribution in [2.45, 2.75) is 0 Å². The third kappa shape index (κ3) is 1.93. The maximum absolute atomic E-state index is 11.5. The second-order valence-electron chi connectivity index (χ2n) is 4.14. The molecule has 0 fully saturated rings. The number of rotatable bonds is 2. The summed E-state index contributed by atoms with van der Waals surface area (Å²) in [6.45, 7) is 0. The van der Waals surface area contributed by atoms with Crippen LogP contribution in [0.15, 0.2) is 54.9 Å². The summed E-state index contributed by atoms with van der Waals surface area (Å²) in [4.78, 5) is 20.0. The predicted octanol–water partition coefficient (Wildman–Crippen LogP) is 2.40. The van der Waals surface area contributed by atoms with E-state index in [-0.39, 0.29) is 0 Å². The summed E-state index contributed by atoms with van der Waals surface area (Å²) in [6.07, 6.45) is 3.38. The third-order valence-electron chi connectivity index (χ3n) is 3.00. The molecule has 0 aliphatic rings. The van der Waals surface area contributed by atoms with Gasteiger partial charge in [-0.25, -0.2) is 9.97 Å². The summed E-state index contributed by atoms with van der Waals surface area (Å²) in [7, 11) is 0. The van der Waals surface area contributed by atoms with Crippen molar-refractivity contribution in [1.82, 2.24) is 9.97 Å². The monoisotopic (exact) mass is 249 g/mol. The molecule has 0 aliphatic heterocycles. The van der Waals surface area contributed by atoms with Gasteiger partial charge in [0.1, 0.15) is 0 Å². The van der Waals surface area contributed by atoms with Crippen LogP contribution in [0.2, 0.25) is 0 Å². The second kappa shape index (κ2) is 4.49. The van der Waals surface area contributed by atoms with E-state index in [1.54, 1.807) is 24.5 Å². The van der Waals surface area contributed by atoms with E-state index in [0.717, 1.165) is 16.5 Å². The van der Waals surface area contributed by atoms with Crippen LogP contribution in [0.4, 0.5) is 0 Å². The fraction of sp³-hybridized carbons (Fsp3) is 0. The van der Waals surface area contributed by atoms with Gasteiger partial charge in [-0.1, -0.05) is 18.2 Å². The van der Waals surface area contributed by atoms with E-state index in [9.17, 15) is 4.79 Å². The van der Waals surface area contributed by atoms with Gasteiger partial charge in [0.2, 0.25) is 5.91 Å². The molecule has 2 aromatic heterocycles. The predicted molar refractivity (Wildman–Crippen MR) is 73.5 cm³/mol. The Bertz CT molecular complexity index is 763. The molecule has 0 radical (unpaired) electrons. The van der Waals surface area contributed by atoms with Gasteiger partial charge < -0.3 is 5.73 Å². The van der Waals surface area contributed by atoms with Crippen LogP contribution >= 0.6 is 0 Å². The summed E-state index contributed by atoms with van der Waals surface area (Å²) in [5.41, 5.74) is 8.29. The lowest BCUT2D eigenvalue weighted by molar-refractivity contribution is 0.100. The van der Waals surface area contributed by atoms with Crippen LogP contribution in [0.25, 0.3) is 22.2 Å². The molecule has 4 heteroatoms. The fourth-order valence-corrected chi connectivity index (χ4v) is 2.15. The molecular formula is C15H11N3O. The van der Waals surface area contributed by atoms with Crippen LogP contribution in [0.1, 0.15) is 10.4 Å². The first-order valence-corrected chi connectivity index (χ1v) is 5.86. The number of fused-ring (bicyclic) bond motifs is 1. The first-order chi connectivity index (χ1) is 9.27. The summed E-state index contributed by atoms with van der Waals surface area (Å²) < 4.78 is 0. The number of benzene rings is 1. The number of primary amides is 1. The minimum absolute atomic E-state index is 0.440. The summed E-state index contributed by atoms with van der Waals surface area (Å²) >= 11 is 0. The number of aromatic nitrogens is 2. The molecule has 2 heterocycles. The maximum atomic E-state index is 11.5. The molecule has 92 valence electrons. The standard InChI is InChI=1S/C15H11N3O/c16-14(19)12-5-2-1-4-10(12)11-7-9-18-15-13(11)6-3-8-17-15/h1-9H,(H2,16,19). The van der Waals surface area contributed by atoms with Crippen LogP contribution in [-0.4, -0.2) is 15.9 Å². The SMILES string of the molecule is NC(=O)c1ccccc1-c1ccnc2ncccc12. The van der Waals surface area contributed by atoms with Gasteiger partial charge in [-0.3, -0.25) is 4.79 Å². The van der Waals surface area contributed by atoms with E-state index >= 15 is 0 Å². The Kier molecular flexibility index (Phi) is 2.68. The summed E-state index contributed by atoms with van der Waals surface area (Å²) in [6, 6.07) is 12.9. The van der Waals surface area contributed by atoms with Crippen molar-refractivity contribution in [3.05, 3.63) is 60.4 Å². The normalized spacial score (nSPS) is 10.5. The number of pyridine rings is 2. The molecule has 0 spiro atoms. The first kappa shape index (κ1) is 11.3. The molecule has 1 amide bonds. The molecule has 3 aromatic rings. The molecule has 2 N–H and O–H groups in total. The zero-order valence-corrected chi connectivity index (χ0v) is 10.1. The van der Waals surface area contributed by atoms with Gasteiger partial charge in [0, 0.05) is 23.3 Å². The molecule has 1 aromatic carbocycles. The van der Waals surface area contributed by atoms with E-state index in [4.69, 9.17) is 5.73 Å². The molecule has 0 atom stereocenters. The summed E-state index contributed by atoms with van der Waals surface area (Å²) in [5.74, 6) is -0.440. The largest absolute Gasteiger partial charge is 0.366 e. The number of hydrogen-bond acceptors (Lipinski definition) is 3. The van der Waals surface area contributed by atoms with Crippen LogP contribution in [0.5, 0.6) is 0 Å². The van der Waals surface area contributed by atoms with Crippen LogP contribution in [-0.2, 0) is 0 Å². The van der Waals surface area contributed by atoms with Gasteiger partial charge in [0.05, 0.1) is 0 Å². The van der Waals surface area contributed by atoms with Gasteiger partial charge in [-0.15, -0.1) is 0 Å². The number of hydrogen-bond donors (Lipinski definition) is 1. The first-order valence-electron chi connectivity index (χ1n) is 5.86. The highest BCUT2D eigenvalue weighted by Gasteiger charge is 2.12. The van der Waals surface area contributed by atoms with E-state index in [2.05, 4.69) is 9.97 Å². The van der Waals surface area contributed by atoms with Crippen molar-refractivity contribution < 1.29 is 4.79 Å². The highest BCUT2D eigenvalue weighted by Crippen LogP contribution is 2.28. The Hall–Kier alpha value is -2.75. The van der Waals surface area contributed by atoms with Crippen LogP contribution < -0.4 is 5.73 Å². The number of amides is 1. The Morgan fingerprint density at radius 3 is 2.53 bits per heavy atom. The quantitative estimate of drug-likeness (QED) is 0.758. The number of nitrogens with zero attached hydrogens (tertiary/aromatic N) is 2. The van der Waals surface area contributed by atoms with E-state index in [1.165, 1.54) is 0 Å². The lowest BCUT2D eigenvalue weighted by Gasteiger charge is -2.09. The Balaban J connectivity index is 2.34. The fourth-order valence-electron chi connectivity index (χ4n) is 2.15. The summed E-state index contributed by atoms with van der Waals surface area (Å²) in [5, 5.41) is 0.902. The zero-order valence-electron chi connectivity index (χ0n) is 10.1. The van der Waals surface area contributed by atoms with Gasteiger partial charge in [0.25, 0.3) is 0 Å². The van der Waals surface area contributed by atoms with Crippen LogP contribution in [0, 0.1) is 0 Å². The smallest absolute Gasteiger partial charge is 0.249 e. The lowest BCUT2D eigenvalue weighted by Crippen LogP contribution is -2.12. The second-order valence-corrected chi connectivity index (χ2v) is 4.14. The number of nitrogens with two attached hydrogens (primary N) is 1. The highest BCUT2D eigenvalue weighted by atomic mass is 16.1. The molecule has 0 bridgehead atoms. The molecule has 0 unspecified atom stereocenters. The van der Waals surface area contributed by atoms with Gasteiger partial charge >= 0.3 is 0 Å². The molecule has 4 nitrogen and oxygen atoms in total. The molecule has 0 aliphatic carbocycles. The van der Waals surface area contributed by atoms with E-state index in [0.29, 0.717) is 11.2 Å². The van der Waals surface area contributed by atoms with Crippen molar-refractivity contribution in [3.63, 3.8) is 0 Å². The van der Waals surface area contributed by atoms with E-state index < -0.39 is 5.91 Å². The zero-order chi connectivity index (χ0) is 13.2. The van der Waals surface area contributed by atoms with E-state index in [1.807, 2.05) is 30.3 Å². The average Bonchev–Trinajstić information content (AvgIpc) is 2.46. The van der Waals surface area contributed by atoms with Gasteiger partial charge in [-0.05, 0) is 35.4 Å². The Morgan fingerprint density at radius 2 is 1.68 bits per heavy atom. The Morgan fingerprint density at radius 1 is 0.895 bits per heavy atom. The minimum atomic E-state index is -0.440. The molecule has 19 heavy (non-hydrogen) atoms. The Labute approximate surface area is 109 Å². The maximum Gasteiger partial charge on any atom is 0.249 e. The molecule has 0 saturated heterocycles. The number of carbonyl (C=O) groups is 1. The van der Waals surface area contributed by atoms with Gasteiger partial charge in [0.15, 0.2) is 5.65 Å². The van der Waals surface area contributed by atoms with Crippen molar-refractivity contribution in [1.29, 1.82) is 0 Å². The highest BCUT2D eigenvalue weighted by molar-refractivity contribution is 6.04. The van der Waals surface area contributed by atoms with Gasteiger partial charge in [-0.2, -0.15) is 0 Å². The molecule has 3 rings (SSSR count). The van der Waals surface area contributed by atoms with Crippen molar-refractivity contribution in [2.75, 3.05) is 0 Å². The number of carbonyl (C=O) groups excluding carboxylic acids is 1. The average molecular weight is 249 g/mol. The van der Waals surface area contributed by atoms with Crippen molar-refractivity contribution in [3.8, 4) is 11.1 Å². The van der Waals surface area contributed by atoms with Crippen molar-refractivity contribution in [2.24, 2.45) is 5.73 Å². The molecular weight excluding hydrogens is 238 g/mol. The van der Waals surface area contributed by atoms with Crippen LogP contribution in [0.3, 0.4) is 0 Å². The lowest BCUT2D eigenvalue weighted by atomic mass is 9.97. The molecule has 0 saturated carbocycles. The minimum Gasteiger partial charge on any atom is -0.366 e. The third-order valence-corrected chi connectivity index (χ3v) is 3.00. The topological polar surface area (TPSA) is 68.9 Å².